The Kier molecular flexibility index (Phi) is 4.44. The Morgan fingerprint density at radius 1 is 0.923 bits per heavy atom. The second-order valence-electron chi connectivity index (χ2n) is 5.33. The summed E-state index contributed by atoms with van der Waals surface area (Å²) < 4.78 is 0. The number of phenolic OH excluding ortho intramolecular Hbond substituents is 1. The lowest BCUT2D eigenvalue weighted by molar-refractivity contribution is -0.385. The maximum Gasteiger partial charge on any atom is 0.270 e. The number of nitrogens with one attached hydrogen (secondary N) is 1. The fraction of sp³-hybridized carbons (Fsp3) is 0. The molecule has 0 fully saturated rings. The summed E-state index contributed by atoms with van der Waals surface area (Å²) in [7, 11) is 0. The first-order valence-electron chi connectivity index (χ1n) is 7.39. The van der Waals surface area contributed by atoms with E-state index in [-0.39, 0.29) is 17.1 Å². The van der Waals surface area contributed by atoms with Crippen molar-refractivity contribution in [1.82, 2.24) is 0 Å². The van der Waals surface area contributed by atoms with Gasteiger partial charge in [0.2, 0.25) is 0 Å². The first kappa shape index (κ1) is 16.8. The molecule has 9 nitrogen and oxygen atoms in total. The Hall–Kier alpha value is -4.01. The Labute approximate surface area is 146 Å². The first-order chi connectivity index (χ1) is 12.5. The molecule has 3 aromatic carbocycles. The summed E-state index contributed by atoms with van der Waals surface area (Å²) in [5.41, 5.74) is 3.55. The number of rotatable bonds is 5. The number of non-ortho nitro benzene ring substituents is 2. The van der Waals surface area contributed by atoms with Gasteiger partial charge in [-0.1, -0.05) is 6.07 Å². The number of nitrogens with zero attached hydrogens (tertiary/aromatic N) is 3. The number of hydrogen-bond acceptors (Lipinski definition) is 7. The molecule has 0 saturated carbocycles. The summed E-state index contributed by atoms with van der Waals surface area (Å²) in [5.74, 6) is -0.0272. The van der Waals surface area contributed by atoms with E-state index >= 15 is 0 Å². The number of hydrazone groups is 1. The highest BCUT2D eigenvalue weighted by Crippen LogP contribution is 2.28. The fourth-order valence-corrected chi connectivity index (χ4v) is 2.41. The van der Waals surface area contributed by atoms with Gasteiger partial charge in [0.25, 0.3) is 11.4 Å². The molecule has 9 heteroatoms. The molecule has 2 N–H and O–H groups in total. The van der Waals surface area contributed by atoms with Crippen molar-refractivity contribution < 1.29 is 15.0 Å². The van der Waals surface area contributed by atoms with Gasteiger partial charge >= 0.3 is 0 Å². The molecule has 0 unspecified atom stereocenters. The van der Waals surface area contributed by atoms with E-state index in [1.807, 2.05) is 0 Å². The lowest BCUT2D eigenvalue weighted by Gasteiger charge is -2.05. The number of hydrogen-bond donors (Lipinski definition) is 2. The summed E-state index contributed by atoms with van der Waals surface area (Å²) in [5, 5.41) is 36.8. The zero-order chi connectivity index (χ0) is 18.7. The second kappa shape index (κ2) is 6.85. The van der Waals surface area contributed by atoms with Gasteiger partial charge in [-0.25, -0.2) is 0 Å². The Bertz CT molecular complexity index is 1030. The Morgan fingerprint density at radius 3 is 2.23 bits per heavy atom. The third-order valence-corrected chi connectivity index (χ3v) is 3.70. The van der Waals surface area contributed by atoms with Gasteiger partial charge in [0.1, 0.15) is 5.75 Å². The summed E-state index contributed by atoms with van der Waals surface area (Å²) in [6, 6.07) is 13.0. The van der Waals surface area contributed by atoms with Crippen molar-refractivity contribution in [2.24, 2.45) is 5.10 Å². The maximum atomic E-state index is 10.9. The van der Waals surface area contributed by atoms with Crippen LogP contribution in [0.1, 0.15) is 5.56 Å². The Morgan fingerprint density at radius 2 is 1.58 bits per heavy atom. The van der Waals surface area contributed by atoms with Crippen LogP contribution in [0.3, 0.4) is 0 Å². The third kappa shape index (κ3) is 3.41. The lowest BCUT2D eigenvalue weighted by atomic mass is 10.0. The van der Waals surface area contributed by atoms with Crippen molar-refractivity contribution >= 4 is 34.0 Å². The molecule has 0 aromatic heterocycles. The molecule has 0 aliphatic carbocycles. The summed E-state index contributed by atoms with van der Waals surface area (Å²) in [4.78, 5) is 20.5. The zero-order valence-corrected chi connectivity index (χ0v) is 13.2. The van der Waals surface area contributed by atoms with Crippen molar-refractivity contribution in [3.05, 3.63) is 80.4 Å². The Balaban J connectivity index is 1.87. The van der Waals surface area contributed by atoms with E-state index in [1.54, 1.807) is 12.1 Å². The van der Waals surface area contributed by atoms with Crippen LogP contribution in [0.2, 0.25) is 0 Å². The smallest absolute Gasteiger partial charge is 0.270 e. The van der Waals surface area contributed by atoms with Crippen LogP contribution in [-0.4, -0.2) is 21.2 Å². The molecule has 130 valence electrons. The number of nitro groups is 2. The molecule has 0 amide bonds. The molecule has 0 aliphatic heterocycles. The van der Waals surface area contributed by atoms with Gasteiger partial charge in [-0.05, 0) is 35.0 Å². The van der Waals surface area contributed by atoms with E-state index in [4.69, 9.17) is 0 Å². The van der Waals surface area contributed by atoms with Gasteiger partial charge in [0.15, 0.2) is 0 Å². The molecule has 0 heterocycles. The van der Waals surface area contributed by atoms with Crippen molar-refractivity contribution in [1.29, 1.82) is 0 Å². The fourth-order valence-electron chi connectivity index (χ4n) is 2.41. The van der Waals surface area contributed by atoms with Crippen LogP contribution >= 0.6 is 0 Å². The van der Waals surface area contributed by atoms with Gasteiger partial charge in [-0.15, -0.1) is 0 Å². The monoisotopic (exact) mass is 352 g/mol. The van der Waals surface area contributed by atoms with E-state index in [9.17, 15) is 25.3 Å². The molecule has 0 saturated heterocycles. The average molecular weight is 352 g/mol. The topological polar surface area (TPSA) is 131 Å². The van der Waals surface area contributed by atoms with Crippen LogP contribution in [0.4, 0.5) is 17.1 Å². The van der Waals surface area contributed by atoms with Crippen molar-refractivity contribution in [2.45, 2.75) is 0 Å². The van der Waals surface area contributed by atoms with E-state index < -0.39 is 9.85 Å². The summed E-state index contributed by atoms with van der Waals surface area (Å²) >= 11 is 0. The summed E-state index contributed by atoms with van der Waals surface area (Å²) in [6.45, 7) is 0. The highest BCUT2D eigenvalue weighted by molar-refractivity contribution is 6.03. The molecule has 3 aromatic rings. The van der Waals surface area contributed by atoms with Gasteiger partial charge in [-0.3, -0.25) is 25.7 Å². The largest absolute Gasteiger partial charge is 0.507 e. The number of nitro benzene ring substituents is 2. The van der Waals surface area contributed by atoms with E-state index in [0.717, 1.165) is 0 Å². The number of aromatic hydroxyl groups is 1. The lowest BCUT2D eigenvalue weighted by Crippen LogP contribution is -1.94. The molecule has 0 aliphatic rings. The second-order valence-corrected chi connectivity index (χ2v) is 5.33. The van der Waals surface area contributed by atoms with E-state index in [1.165, 1.54) is 48.7 Å². The minimum absolute atomic E-state index is 0.0272. The van der Waals surface area contributed by atoms with Crippen LogP contribution in [-0.2, 0) is 0 Å². The van der Waals surface area contributed by atoms with Crippen molar-refractivity contribution in [3.8, 4) is 5.75 Å². The molecule has 0 spiro atoms. The minimum atomic E-state index is -0.500. The van der Waals surface area contributed by atoms with E-state index in [0.29, 0.717) is 22.0 Å². The quantitative estimate of drug-likeness (QED) is 0.408. The van der Waals surface area contributed by atoms with Gasteiger partial charge in [0.05, 0.1) is 21.7 Å². The highest BCUT2D eigenvalue weighted by atomic mass is 16.6. The predicted molar refractivity (Wildman–Crippen MR) is 96.6 cm³/mol. The van der Waals surface area contributed by atoms with Gasteiger partial charge in [0, 0.05) is 29.8 Å². The number of fused-ring (bicyclic) bond motifs is 1. The van der Waals surface area contributed by atoms with E-state index in [2.05, 4.69) is 10.5 Å². The third-order valence-electron chi connectivity index (χ3n) is 3.70. The van der Waals surface area contributed by atoms with Crippen LogP contribution < -0.4 is 5.43 Å². The van der Waals surface area contributed by atoms with Gasteiger partial charge in [-0.2, -0.15) is 5.10 Å². The van der Waals surface area contributed by atoms with Gasteiger partial charge < -0.3 is 5.11 Å². The number of phenols is 1. The first-order valence-corrected chi connectivity index (χ1v) is 7.39. The average Bonchev–Trinajstić information content (AvgIpc) is 2.63. The van der Waals surface area contributed by atoms with Crippen molar-refractivity contribution in [2.75, 3.05) is 5.43 Å². The molecular weight excluding hydrogens is 340 g/mol. The highest BCUT2D eigenvalue weighted by Gasteiger charge is 2.10. The zero-order valence-electron chi connectivity index (χ0n) is 13.2. The maximum absolute atomic E-state index is 10.9. The molecule has 0 radical (unpaired) electrons. The summed E-state index contributed by atoms with van der Waals surface area (Å²) in [6.07, 6.45) is 1.38. The minimum Gasteiger partial charge on any atom is -0.507 e. The molecule has 3 rings (SSSR count). The van der Waals surface area contributed by atoms with Crippen LogP contribution in [0.15, 0.2) is 59.7 Å². The van der Waals surface area contributed by atoms with Crippen molar-refractivity contribution in [3.63, 3.8) is 0 Å². The predicted octanol–water partition coefficient (Wildman–Crippen LogP) is 3.81. The van der Waals surface area contributed by atoms with Crippen LogP contribution in [0.5, 0.6) is 5.75 Å². The van der Waals surface area contributed by atoms with Crippen LogP contribution in [0.25, 0.3) is 10.8 Å². The SMILES string of the molecule is O=[N+]([O-])c1ccc(N/N=C\c2c(O)ccc3cc([N+](=O)[O-])ccc23)cc1. The molecular formula is C17H12N4O5. The molecule has 0 atom stereocenters. The standard InChI is InChI=1S/C17H12N4O5/c22-17-8-1-11-9-14(21(25)26)6-7-15(11)16(17)10-18-19-12-2-4-13(5-3-12)20(23)24/h1-10,19,22H/b18-10-. The van der Waals surface area contributed by atoms with Crippen LogP contribution in [0, 0.1) is 20.2 Å². The molecule has 0 bridgehead atoms. The number of anilines is 1. The molecule has 26 heavy (non-hydrogen) atoms. The normalized spacial score (nSPS) is 10.9. The number of benzene rings is 3.